The Labute approximate surface area is 99.8 Å². The molecule has 1 saturated carbocycles. The predicted octanol–water partition coefficient (Wildman–Crippen LogP) is 2.39. The Balaban J connectivity index is 1.66. The molecule has 3 rings (SSSR count). The number of fused-ring (bicyclic) bond motifs is 1. The fraction of sp³-hybridized carbons (Fsp3) is 1.00. The van der Waals surface area contributed by atoms with Crippen LogP contribution >= 0.6 is 0 Å². The minimum Gasteiger partial charge on any atom is -0.317 e. The standard InChI is InChI=1S/C14H26N2/c1-4-12-5-3-11-16(14(12)7-1)13-6-2-9-15-10-8-13/h12-15H,1-11H2. The lowest BCUT2D eigenvalue weighted by molar-refractivity contribution is 0.0615. The average molecular weight is 222 g/mol. The van der Waals surface area contributed by atoms with Crippen molar-refractivity contribution >= 4 is 0 Å². The second kappa shape index (κ2) is 5.05. The van der Waals surface area contributed by atoms with Crippen LogP contribution in [0.15, 0.2) is 0 Å². The summed E-state index contributed by atoms with van der Waals surface area (Å²) in [6.07, 6.45) is 11.7. The van der Waals surface area contributed by atoms with Gasteiger partial charge < -0.3 is 5.32 Å². The van der Waals surface area contributed by atoms with Gasteiger partial charge in [-0.05, 0) is 70.5 Å². The number of likely N-dealkylation sites (tertiary alicyclic amines) is 1. The van der Waals surface area contributed by atoms with Crippen molar-refractivity contribution in [3.8, 4) is 0 Å². The summed E-state index contributed by atoms with van der Waals surface area (Å²) in [5.41, 5.74) is 0. The van der Waals surface area contributed by atoms with Crippen LogP contribution in [0.3, 0.4) is 0 Å². The van der Waals surface area contributed by atoms with Crippen molar-refractivity contribution in [3.63, 3.8) is 0 Å². The predicted molar refractivity (Wildman–Crippen MR) is 67.6 cm³/mol. The van der Waals surface area contributed by atoms with E-state index < -0.39 is 0 Å². The average Bonchev–Trinajstić information content (AvgIpc) is 2.63. The SMILES string of the molecule is C1CNCCC(N2CCCC3CCCC32)C1. The molecule has 3 atom stereocenters. The third-order valence-corrected chi connectivity index (χ3v) is 5.05. The van der Waals surface area contributed by atoms with Crippen LogP contribution in [0.25, 0.3) is 0 Å². The molecule has 0 spiro atoms. The first kappa shape index (κ1) is 11.0. The van der Waals surface area contributed by atoms with Crippen LogP contribution in [0.5, 0.6) is 0 Å². The monoisotopic (exact) mass is 222 g/mol. The lowest BCUT2D eigenvalue weighted by Crippen LogP contribution is -2.48. The summed E-state index contributed by atoms with van der Waals surface area (Å²) in [5, 5.41) is 3.55. The maximum Gasteiger partial charge on any atom is 0.0126 e. The van der Waals surface area contributed by atoms with E-state index in [-0.39, 0.29) is 0 Å². The zero-order valence-electron chi connectivity index (χ0n) is 10.5. The number of piperidine rings is 1. The van der Waals surface area contributed by atoms with E-state index in [9.17, 15) is 0 Å². The van der Waals surface area contributed by atoms with Crippen LogP contribution in [0.2, 0.25) is 0 Å². The summed E-state index contributed by atoms with van der Waals surface area (Å²) in [7, 11) is 0. The van der Waals surface area contributed by atoms with Crippen LogP contribution in [-0.4, -0.2) is 36.6 Å². The summed E-state index contributed by atoms with van der Waals surface area (Å²) in [5.74, 6) is 1.06. The fourth-order valence-electron chi connectivity index (χ4n) is 4.28. The van der Waals surface area contributed by atoms with E-state index in [1.807, 2.05) is 0 Å². The molecule has 2 heterocycles. The molecule has 2 saturated heterocycles. The van der Waals surface area contributed by atoms with E-state index in [1.54, 1.807) is 0 Å². The van der Waals surface area contributed by atoms with E-state index in [0.717, 1.165) is 18.0 Å². The van der Waals surface area contributed by atoms with Gasteiger partial charge in [-0.1, -0.05) is 6.42 Å². The molecule has 2 nitrogen and oxygen atoms in total. The van der Waals surface area contributed by atoms with Crippen molar-refractivity contribution < 1.29 is 0 Å². The molecule has 1 N–H and O–H groups in total. The third-order valence-electron chi connectivity index (χ3n) is 5.05. The van der Waals surface area contributed by atoms with Gasteiger partial charge in [-0.3, -0.25) is 4.90 Å². The Morgan fingerprint density at radius 2 is 1.75 bits per heavy atom. The summed E-state index contributed by atoms with van der Waals surface area (Å²) in [4.78, 5) is 2.91. The van der Waals surface area contributed by atoms with Crippen LogP contribution in [0, 0.1) is 5.92 Å². The lowest BCUT2D eigenvalue weighted by atomic mass is 9.89. The van der Waals surface area contributed by atoms with Gasteiger partial charge in [0.25, 0.3) is 0 Å². The van der Waals surface area contributed by atoms with Gasteiger partial charge in [0.05, 0.1) is 0 Å². The smallest absolute Gasteiger partial charge is 0.0126 e. The molecule has 0 amide bonds. The largest absolute Gasteiger partial charge is 0.317 e. The quantitative estimate of drug-likeness (QED) is 0.733. The van der Waals surface area contributed by atoms with Gasteiger partial charge >= 0.3 is 0 Å². The molecule has 0 aromatic rings. The van der Waals surface area contributed by atoms with Gasteiger partial charge in [-0.15, -0.1) is 0 Å². The summed E-state index contributed by atoms with van der Waals surface area (Å²) >= 11 is 0. The highest BCUT2D eigenvalue weighted by Crippen LogP contribution is 2.38. The molecule has 0 radical (unpaired) electrons. The van der Waals surface area contributed by atoms with E-state index in [4.69, 9.17) is 0 Å². The highest BCUT2D eigenvalue weighted by molar-refractivity contribution is 4.92. The normalized spacial score (nSPS) is 41.6. The first-order chi connectivity index (χ1) is 7.95. The fourth-order valence-corrected chi connectivity index (χ4v) is 4.28. The molecule has 0 aromatic carbocycles. The molecule has 2 heteroatoms. The molecule has 92 valence electrons. The van der Waals surface area contributed by atoms with Crippen molar-refractivity contribution in [2.75, 3.05) is 19.6 Å². The minimum absolute atomic E-state index is 0.904. The maximum absolute atomic E-state index is 3.55. The summed E-state index contributed by atoms with van der Waals surface area (Å²) in [6, 6.07) is 1.87. The van der Waals surface area contributed by atoms with Gasteiger partial charge in [-0.2, -0.15) is 0 Å². The Morgan fingerprint density at radius 1 is 0.812 bits per heavy atom. The number of nitrogens with one attached hydrogen (secondary N) is 1. The molecule has 1 aliphatic carbocycles. The van der Waals surface area contributed by atoms with Crippen molar-refractivity contribution in [2.24, 2.45) is 5.92 Å². The number of rotatable bonds is 1. The number of hydrogen-bond donors (Lipinski definition) is 1. The molecular weight excluding hydrogens is 196 g/mol. The second-order valence-electron chi connectivity index (χ2n) is 5.97. The Kier molecular flexibility index (Phi) is 3.49. The Hall–Kier alpha value is -0.0800. The van der Waals surface area contributed by atoms with Crippen molar-refractivity contribution in [1.29, 1.82) is 0 Å². The molecule has 16 heavy (non-hydrogen) atoms. The molecule has 3 unspecified atom stereocenters. The Morgan fingerprint density at radius 3 is 2.75 bits per heavy atom. The molecule has 3 aliphatic rings. The number of nitrogens with zero attached hydrogens (tertiary/aromatic N) is 1. The molecule has 2 aliphatic heterocycles. The van der Waals surface area contributed by atoms with E-state index >= 15 is 0 Å². The van der Waals surface area contributed by atoms with Crippen LogP contribution < -0.4 is 5.32 Å². The van der Waals surface area contributed by atoms with Crippen molar-refractivity contribution in [3.05, 3.63) is 0 Å². The summed E-state index contributed by atoms with van der Waals surface area (Å²) in [6.45, 7) is 3.89. The lowest BCUT2D eigenvalue weighted by Gasteiger charge is -2.42. The summed E-state index contributed by atoms with van der Waals surface area (Å²) < 4.78 is 0. The van der Waals surface area contributed by atoms with Crippen LogP contribution in [0.4, 0.5) is 0 Å². The van der Waals surface area contributed by atoms with Gasteiger partial charge in [0.2, 0.25) is 0 Å². The van der Waals surface area contributed by atoms with Gasteiger partial charge in [0.1, 0.15) is 0 Å². The van der Waals surface area contributed by atoms with Crippen LogP contribution in [0.1, 0.15) is 51.4 Å². The van der Waals surface area contributed by atoms with Gasteiger partial charge in [0.15, 0.2) is 0 Å². The molecule has 0 bridgehead atoms. The topological polar surface area (TPSA) is 15.3 Å². The van der Waals surface area contributed by atoms with E-state index in [2.05, 4.69) is 10.2 Å². The van der Waals surface area contributed by atoms with Crippen molar-refractivity contribution in [2.45, 2.75) is 63.5 Å². The minimum atomic E-state index is 0.904. The second-order valence-corrected chi connectivity index (χ2v) is 5.97. The maximum atomic E-state index is 3.55. The van der Waals surface area contributed by atoms with Gasteiger partial charge in [-0.25, -0.2) is 0 Å². The molecular formula is C14H26N2. The highest BCUT2D eigenvalue weighted by Gasteiger charge is 2.37. The highest BCUT2D eigenvalue weighted by atomic mass is 15.2. The van der Waals surface area contributed by atoms with Crippen LogP contribution in [-0.2, 0) is 0 Å². The van der Waals surface area contributed by atoms with Crippen molar-refractivity contribution in [1.82, 2.24) is 10.2 Å². The molecule has 3 fully saturated rings. The third kappa shape index (κ3) is 2.14. The van der Waals surface area contributed by atoms with E-state index in [0.29, 0.717) is 0 Å². The first-order valence-corrected chi connectivity index (χ1v) is 7.41. The first-order valence-electron chi connectivity index (χ1n) is 7.41. The zero-order chi connectivity index (χ0) is 10.8. The number of hydrogen-bond acceptors (Lipinski definition) is 2. The van der Waals surface area contributed by atoms with Gasteiger partial charge in [0, 0.05) is 12.1 Å². The zero-order valence-corrected chi connectivity index (χ0v) is 10.5. The van der Waals surface area contributed by atoms with E-state index in [1.165, 1.54) is 71.0 Å². The Bertz CT molecular complexity index is 221. The molecule has 0 aromatic heterocycles.